The lowest BCUT2D eigenvalue weighted by Gasteiger charge is -2.29. The van der Waals surface area contributed by atoms with Crippen LogP contribution in [-0.2, 0) is 179 Å². The summed E-state index contributed by atoms with van der Waals surface area (Å²) >= 11 is 38.9. The molecule has 800 valence electrons. The molecule has 146 heavy (non-hydrogen) atoms. The van der Waals surface area contributed by atoms with Crippen LogP contribution in [0.1, 0.15) is 130 Å². The molecule has 9 aromatic heterocycles. The van der Waals surface area contributed by atoms with E-state index in [-0.39, 0.29) is 108 Å². The molecule has 0 saturated carbocycles. The molecule has 28 atom stereocenters. The average Bonchev–Trinajstić information content (AvgIpc) is 1.62. The maximum absolute atomic E-state index is 13.7. The third kappa shape index (κ3) is 26.3. The summed E-state index contributed by atoms with van der Waals surface area (Å²) in [5.41, 5.74) is 30.6. The molecule has 7 saturated heterocycles. The van der Waals surface area contributed by atoms with Crippen LogP contribution in [0.4, 0.5) is 35.2 Å². The minimum atomic E-state index is -4.77. The number of anilines is 6. The number of nitrogens with two attached hydrogens (primary N) is 6. The summed E-state index contributed by atoms with van der Waals surface area (Å²) in [6, 6.07) is 0. The van der Waals surface area contributed by atoms with Gasteiger partial charge in [-0.15, -0.1) is 0 Å². The van der Waals surface area contributed by atoms with Gasteiger partial charge in [-0.25, -0.2) is 33.9 Å². The molecule has 7 aliphatic rings. The van der Waals surface area contributed by atoms with Crippen LogP contribution >= 0.6 is 47.0 Å². The van der Waals surface area contributed by atoms with Crippen molar-refractivity contribution in [2.24, 2.45) is 0 Å². The minimum Gasteiger partial charge on any atom is -0.383 e. The molecule has 60 nitrogen and oxygen atoms in total. The number of hydrogen-bond donors (Lipinski definition) is 16. The van der Waals surface area contributed by atoms with Crippen LogP contribution in [0.15, 0.2) is 82.0 Å². The molecule has 0 spiro atoms. The van der Waals surface area contributed by atoms with Gasteiger partial charge >= 0.3 is 75.5 Å². The monoisotopic (exact) mass is 2320 g/mol. The molecule has 0 amide bonds. The largest absolute Gasteiger partial charge is 0.383 e. The van der Waals surface area contributed by atoms with Crippen molar-refractivity contribution in [2.45, 2.75) is 222 Å². The van der Waals surface area contributed by atoms with E-state index in [9.17, 15) is 72.6 Å². The van der Waals surface area contributed by atoms with Crippen LogP contribution in [0.3, 0.4) is 0 Å². The zero-order valence-electron chi connectivity index (χ0n) is 77.2. The topological polar surface area (TPSA) is 813 Å². The summed E-state index contributed by atoms with van der Waals surface area (Å²) in [6.45, 7) is -26.9. The van der Waals surface area contributed by atoms with Gasteiger partial charge in [-0.1, -0.05) is 6.92 Å². The highest BCUT2D eigenvalue weighted by molar-refractivity contribution is 8.09. The Morgan fingerprint density at radius 3 is 0.808 bits per heavy atom. The predicted octanol–water partition coefficient (Wildman–Crippen LogP) is 0.248. The third-order valence-corrected chi connectivity index (χ3v) is 35.3. The fourth-order valence-electron chi connectivity index (χ4n) is 16.8. The van der Waals surface area contributed by atoms with Crippen LogP contribution in [0.5, 0.6) is 0 Å². The normalized spacial score (nSPS) is 29.4. The second kappa shape index (κ2) is 44.7. The van der Waals surface area contributed by atoms with E-state index in [1.807, 2.05) is 0 Å². The van der Waals surface area contributed by atoms with Crippen LogP contribution in [0.25, 0.3) is 22.3 Å². The highest BCUT2D eigenvalue weighted by Gasteiger charge is 2.52. The van der Waals surface area contributed by atoms with Gasteiger partial charge in [0.1, 0.15) is 103 Å². The molecule has 7 fully saturated rings. The second-order valence-electron chi connectivity index (χ2n) is 34.2. The summed E-state index contributed by atoms with van der Waals surface area (Å²) in [6.07, 6.45) is -19.6. The first kappa shape index (κ1) is 112. The van der Waals surface area contributed by atoms with Gasteiger partial charge in [-0.05, 0) is 124 Å². The summed E-state index contributed by atoms with van der Waals surface area (Å²) in [5, 5.41) is 0. The Balaban J connectivity index is 0.601. The summed E-state index contributed by atoms with van der Waals surface area (Å²) < 4.78 is 136. The van der Waals surface area contributed by atoms with Gasteiger partial charge < -0.3 is 165 Å². The van der Waals surface area contributed by atoms with E-state index in [1.165, 1.54) is 73.5 Å². The lowest BCUT2D eigenvalue weighted by atomic mass is 10.1. The van der Waals surface area contributed by atoms with E-state index in [1.54, 1.807) is 20.8 Å². The molecule has 7 aliphatic heterocycles. The Hall–Kier alpha value is -6.87. The molecule has 0 bridgehead atoms. The number of ether oxygens (including phenoxy) is 7. The van der Waals surface area contributed by atoms with Crippen LogP contribution in [0, 0.1) is 34.6 Å². The number of imidazole rings is 2. The number of fused-ring (bicyclic) bond motifs is 2. The molecule has 0 aliphatic carbocycles. The van der Waals surface area contributed by atoms with Crippen molar-refractivity contribution in [3.63, 3.8) is 0 Å². The summed E-state index contributed by atoms with van der Waals surface area (Å²) in [7, 11) is 1.11. The van der Waals surface area contributed by atoms with Gasteiger partial charge in [0.05, 0.1) is 101 Å². The van der Waals surface area contributed by atoms with Crippen LogP contribution < -0.4 is 79.5 Å². The third-order valence-electron chi connectivity index (χ3n) is 24.1. The van der Waals surface area contributed by atoms with E-state index in [2.05, 4.69) is 54.8 Å². The molecular weight excluding hydrogens is 2220 g/mol. The lowest BCUT2D eigenvalue weighted by Crippen LogP contribution is -2.33. The molecule has 16 rings (SSSR count). The zero-order chi connectivity index (χ0) is 105. The van der Waals surface area contributed by atoms with Crippen LogP contribution in [0.2, 0.25) is 0 Å². The van der Waals surface area contributed by atoms with Gasteiger partial charge in [0, 0.05) is 111 Å². The Kier molecular flexibility index (Phi) is 34.2. The maximum Gasteiger partial charge on any atom is 0.351 e. The number of hydrogen-bond acceptors (Lipinski definition) is 50. The average molecular weight is 2320 g/mol. The van der Waals surface area contributed by atoms with Gasteiger partial charge in [0.2, 0.25) is 11.9 Å². The van der Waals surface area contributed by atoms with E-state index in [4.69, 9.17) is 214 Å². The van der Waals surface area contributed by atoms with Gasteiger partial charge in [-0.3, -0.25) is 61.3 Å². The van der Waals surface area contributed by atoms with Gasteiger partial charge in [0.25, 0.3) is 16.7 Å². The molecule has 22 N–H and O–H groups in total. The van der Waals surface area contributed by atoms with Crippen molar-refractivity contribution >= 4 is 187 Å². The van der Waals surface area contributed by atoms with Crippen molar-refractivity contribution in [3.8, 4) is 0 Å². The quantitative estimate of drug-likeness (QED) is 0.0228. The SMILES string of the molecule is CC[C@H]1O[C@@H](n2cnc3c(=O)[nH]c(N)nc32)CC1OP(O)(=S)OC[C@H]1O[C@@H](n2cc(C)c(N)nc2=O)CC1OP(O)(=S)OC[C@H]1O[C@@H](n2cc(C)c(N)nc2=O)CC1OP(O)(=S)OC[C@H]1O[C@@H](n2cc(C)c(N)nc2=O)CC1OP(O)(=S)OC[C@H]1O[C@@H](n2cc(C)c(N)nc2=O)CC1OP(O)(=S)OC[C@H]1O[C@@H](n2cc(C)c(=O)[nH]c2=O)CC1OP(O)(=S)OC[C@H]1O[C@@H](n2cnc3c(=O)[nH]c(N)nc32)CC1OP(O)(=S)OC. The van der Waals surface area contributed by atoms with Crippen LogP contribution in [-0.4, -0.2) is 253 Å². The molecular formula is C72H99N24O36P7S7. The predicted molar refractivity (Wildman–Crippen MR) is 534 cm³/mol. The Morgan fingerprint density at radius 2 is 0.555 bits per heavy atom. The fourth-order valence-corrected chi connectivity index (χ4v) is 26.6. The van der Waals surface area contributed by atoms with E-state index in [0.717, 1.165) is 29.9 Å². The van der Waals surface area contributed by atoms with E-state index >= 15 is 0 Å². The van der Waals surface area contributed by atoms with Crippen molar-refractivity contribution in [1.82, 2.24) is 86.8 Å². The fraction of sp³-hybridized carbons (Fsp3) is 0.583. The van der Waals surface area contributed by atoms with Gasteiger partial charge in [-0.2, -0.15) is 29.9 Å². The highest BCUT2D eigenvalue weighted by Crippen LogP contribution is 2.59. The summed E-state index contributed by atoms with van der Waals surface area (Å²) in [5.74, 6) is -0.904. The number of H-pyrrole nitrogens is 3. The standard InChI is InChI=1S/C72H99N24O36P7S7/c1-8-34-35(9-53(119-34)95-27-79-55-61(95)85-66(77)87-64(55)98)127-134(106,141)113-22-43-37(10-48(120-43)90-16-29(2)57(73)81-68(90)100)128-136(108,143)115-23-44-38(11-49(121-44)91-17-30(3)58(74)82-69(91)101)129-137(109,144)116-24-45-39(12-50(122-45)92-18-31(4)59(75)83-70(92)102)130-138(110,145)117-25-46-40(13-51(123-46)93-19-32(5)60(76)84-71(93)103)131-139(111,146)118-26-47-41(14-52(124-47)94-20-33(6)63(97)89-72(94)104)132-135(107,142)114-21-42-36(126-133(105,140)112-7)15-54(125-42)96-28-80-56-62(96)86-67(78)88-65(56)99/h16-20,27-28,34-54H,8-15,21-26H2,1-7H3,(H,105,140)(H,106,141)(H,107,142)(H,108,143)(H,109,144)(H,110,145)(H,111,146)(H2,73,81,100)(H2,74,82,101)(H2,75,83,102)(H2,76,84,103)(H,89,97,104)(H3,77,85,87,98)(H3,78,86,88,99)/t34-,35?,36?,37?,38?,39?,40?,41?,42-,43-,44-,45-,46-,47-,48-,49-,50-,51-,52-,53-,54-,133?,134?,135?,136?,137?,138?,139?/m1/s1. The van der Waals surface area contributed by atoms with E-state index < -0.39 is 261 Å². The Labute approximate surface area is 857 Å². The minimum absolute atomic E-state index is 0.00422. The molecule has 74 heteroatoms. The molecule has 16 heterocycles. The number of aryl methyl sites for hydroxylation is 5. The second-order valence-corrected chi connectivity index (χ2v) is 53.9. The number of aromatic amines is 3. The molecule has 0 aromatic carbocycles. The van der Waals surface area contributed by atoms with Crippen molar-refractivity contribution < 1.29 is 131 Å². The van der Waals surface area contributed by atoms with Crippen molar-refractivity contribution in [1.29, 1.82) is 0 Å². The molecule has 14 unspecified atom stereocenters. The smallest absolute Gasteiger partial charge is 0.351 e. The van der Waals surface area contributed by atoms with Crippen molar-refractivity contribution in [3.05, 3.63) is 155 Å². The number of aromatic nitrogens is 18. The molecule has 9 aromatic rings. The first-order valence-electron chi connectivity index (χ1n) is 43.8. The molecule has 0 radical (unpaired) electrons. The number of nitrogens with zero attached hydrogens (tertiary/aromatic N) is 15. The van der Waals surface area contributed by atoms with Crippen molar-refractivity contribution in [2.75, 3.05) is 81.2 Å². The Bertz CT molecular complexity index is 7380. The Morgan fingerprint density at radius 1 is 0.329 bits per heavy atom. The first-order valence-corrected chi connectivity index (χ1v) is 62.0. The highest BCUT2D eigenvalue weighted by atomic mass is 32.5. The lowest BCUT2D eigenvalue weighted by molar-refractivity contribution is -0.0581. The van der Waals surface area contributed by atoms with Gasteiger partial charge in [0.15, 0.2) is 22.3 Å². The maximum atomic E-state index is 13.7. The number of rotatable bonds is 41. The summed E-state index contributed by atoms with van der Waals surface area (Å²) in [4.78, 5) is 228. The number of nitrogens with one attached hydrogen (secondary N) is 3. The van der Waals surface area contributed by atoms with E-state index in [0.29, 0.717) is 28.7 Å². The number of nitrogen functional groups attached to an aromatic ring is 6. The first-order chi connectivity index (χ1) is 68.5. The zero-order valence-corrected chi connectivity index (χ0v) is 89.2.